The molecule has 0 bridgehead atoms. The van der Waals surface area contributed by atoms with Crippen molar-refractivity contribution in [2.45, 2.75) is 21.0 Å². The second-order valence-electron chi connectivity index (χ2n) is 3.79. The van der Waals surface area contributed by atoms with E-state index >= 15 is 0 Å². The Morgan fingerprint density at radius 1 is 1.29 bits per heavy atom. The molecule has 0 heterocycles. The Morgan fingerprint density at radius 3 is 2.24 bits per heavy atom. The highest BCUT2D eigenvalue weighted by molar-refractivity contribution is 7.92. The number of alkyl halides is 3. The molecule has 21 heavy (non-hydrogen) atoms. The first-order chi connectivity index (χ1) is 9.59. The number of sulfone groups is 1. The quantitative estimate of drug-likeness (QED) is 0.792. The minimum atomic E-state index is -4.16. The molecule has 118 valence electrons. The molecule has 0 saturated carbocycles. The molecule has 0 saturated heterocycles. The van der Waals surface area contributed by atoms with Crippen LogP contribution in [0.4, 0.5) is 4.79 Å². The van der Waals surface area contributed by atoms with Crippen LogP contribution in [0.1, 0.15) is 6.92 Å². The minimum Gasteiger partial charge on any atom is -0.450 e. The van der Waals surface area contributed by atoms with Crippen LogP contribution in [0, 0.1) is 0 Å². The molecule has 0 fully saturated rings. The average molecular weight is 395 g/mol. The van der Waals surface area contributed by atoms with Crippen LogP contribution in [0.3, 0.4) is 0 Å². The van der Waals surface area contributed by atoms with Crippen LogP contribution in [0.2, 0.25) is 5.02 Å². The van der Waals surface area contributed by atoms with Crippen LogP contribution < -0.4 is 5.32 Å². The lowest BCUT2D eigenvalue weighted by molar-refractivity contribution is 0.151. The number of halogens is 4. The number of hydrogen-bond donors (Lipinski definition) is 1. The largest absolute Gasteiger partial charge is 0.450 e. The van der Waals surface area contributed by atoms with E-state index in [1.54, 1.807) is 6.92 Å². The smallest absolute Gasteiger partial charge is 0.408 e. The van der Waals surface area contributed by atoms with Crippen molar-refractivity contribution in [1.29, 1.82) is 0 Å². The topological polar surface area (TPSA) is 72.5 Å². The number of benzene rings is 1. The van der Waals surface area contributed by atoms with E-state index in [2.05, 4.69) is 4.74 Å². The van der Waals surface area contributed by atoms with Crippen LogP contribution >= 0.6 is 46.4 Å². The number of rotatable bonds is 4. The maximum atomic E-state index is 12.5. The van der Waals surface area contributed by atoms with Crippen molar-refractivity contribution in [3.05, 3.63) is 29.3 Å². The van der Waals surface area contributed by atoms with Crippen LogP contribution in [-0.2, 0) is 14.6 Å². The summed E-state index contributed by atoms with van der Waals surface area (Å²) in [5, 5.41) is 0.568. The third kappa shape index (κ3) is 5.07. The van der Waals surface area contributed by atoms with Gasteiger partial charge in [-0.3, -0.25) is 0 Å². The number of hydrogen-bond acceptors (Lipinski definition) is 4. The van der Waals surface area contributed by atoms with E-state index in [4.69, 9.17) is 46.4 Å². The van der Waals surface area contributed by atoms with Gasteiger partial charge in [0.2, 0.25) is 13.6 Å². The second kappa shape index (κ2) is 7.24. The number of carbonyl (C=O) groups excluding carboxylic acids is 1. The van der Waals surface area contributed by atoms with Gasteiger partial charge in [0.15, 0.2) is 5.37 Å². The monoisotopic (exact) mass is 393 g/mol. The Labute approximate surface area is 142 Å². The van der Waals surface area contributed by atoms with E-state index < -0.39 is 25.1 Å². The molecule has 0 radical (unpaired) electrons. The third-order valence-electron chi connectivity index (χ3n) is 2.27. The van der Waals surface area contributed by atoms with Gasteiger partial charge in [0.25, 0.3) is 0 Å². The summed E-state index contributed by atoms with van der Waals surface area (Å²) in [6, 6.07) is 5.23. The fourth-order valence-corrected chi connectivity index (χ4v) is 4.11. The van der Waals surface area contributed by atoms with Crippen molar-refractivity contribution in [3.8, 4) is 0 Å². The highest BCUT2D eigenvalue weighted by Gasteiger charge is 2.45. The average Bonchev–Trinajstić information content (AvgIpc) is 2.35. The lowest BCUT2D eigenvalue weighted by atomic mass is 10.4. The van der Waals surface area contributed by atoms with E-state index in [-0.39, 0.29) is 11.5 Å². The lowest BCUT2D eigenvalue weighted by Gasteiger charge is -2.25. The molecule has 1 rings (SSSR count). The summed E-state index contributed by atoms with van der Waals surface area (Å²) in [7, 11) is -4.16. The van der Waals surface area contributed by atoms with E-state index in [1.165, 1.54) is 24.3 Å². The molecule has 0 spiro atoms. The molecule has 1 aromatic rings. The summed E-state index contributed by atoms with van der Waals surface area (Å²) in [5.41, 5.74) is 0. The molecule has 1 atom stereocenters. The second-order valence-corrected chi connectivity index (χ2v) is 8.62. The zero-order valence-corrected chi connectivity index (χ0v) is 14.5. The van der Waals surface area contributed by atoms with Gasteiger partial charge in [-0.25, -0.2) is 13.2 Å². The van der Waals surface area contributed by atoms with Crippen molar-refractivity contribution >= 4 is 62.3 Å². The molecule has 0 aliphatic rings. The van der Waals surface area contributed by atoms with Gasteiger partial charge in [0, 0.05) is 5.02 Å². The Bertz CT molecular complexity index is 598. The zero-order chi connectivity index (χ0) is 16.3. The molecule has 1 aromatic carbocycles. The molecular formula is C11H11Cl4NO4S. The summed E-state index contributed by atoms with van der Waals surface area (Å²) in [6.07, 6.45) is -1.01. The maximum absolute atomic E-state index is 12.5. The SMILES string of the molecule is CCOC(=O)NC(C(Cl)(Cl)Cl)S(=O)(=O)c1ccc(Cl)cc1. The predicted molar refractivity (Wildman–Crippen MR) is 82.9 cm³/mol. The van der Waals surface area contributed by atoms with Gasteiger partial charge in [-0.05, 0) is 31.2 Å². The van der Waals surface area contributed by atoms with Gasteiger partial charge >= 0.3 is 6.09 Å². The van der Waals surface area contributed by atoms with Crippen molar-refractivity contribution in [3.63, 3.8) is 0 Å². The van der Waals surface area contributed by atoms with E-state index in [0.717, 1.165) is 0 Å². The lowest BCUT2D eigenvalue weighted by Crippen LogP contribution is -2.49. The van der Waals surface area contributed by atoms with Gasteiger partial charge in [0.1, 0.15) is 0 Å². The number of ether oxygens (including phenoxy) is 1. The number of carbonyl (C=O) groups is 1. The van der Waals surface area contributed by atoms with Crippen LogP contribution in [-0.4, -0.2) is 30.3 Å². The van der Waals surface area contributed by atoms with Gasteiger partial charge < -0.3 is 10.1 Å². The van der Waals surface area contributed by atoms with Gasteiger partial charge in [-0.2, -0.15) is 0 Å². The fraction of sp³-hybridized carbons (Fsp3) is 0.364. The molecule has 1 unspecified atom stereocenters. The summed E-state index contributed by atoms with van der Waals surface area (Å²) in [6.45, 7) is 1.59. The highest BCUT2D eigenvalue weighted by atomic mass is 35.6. The van der Waals surface area contributed by atoms with Crippen molar-refractivity contribution in [2.24, 2.45) is 0 Å². The van der Waals surface area contributed by atoms with E-state index in [9.17, 15) is 13.2 Å². The molecule has 1 N–H and O–H groups in total. The first-order valence-corrected chi connectivity index (χ1v) is 8.64. The summed E-state index contributed by atoms with van der Waals surface area (Å²) < 4.78 is 27.2. The molecule has 5 nitrogen and oxygen atoms in total. The van der Waals surface area contributed by atoms with Crippen LogP contribution in [0.5, 0.6) is 0 Å². The predicted octanol–water partition coefficient (Wildman–Crippen LogP) is 3.56. The van der Waals surface area contributed by atoms with Gasteiger partial charge in [-0.1, -0.05) is 46.4 Å². The summed E-state index contributed by atoms with van der Waals surface area (Å²) >= 11 is 22.7. The molecule has 0 aromatic heterocycles. The number of alkyl carbamates (subject to hydrolysis) is 1. The summed E-state index contributed by atoms with van der Waals surface area (Å²) in [4.78, 5) is 11.3. The van der Waals surface area contributed by atoms with Crippen LogP contribution in [0.15, 0.2) is 29.2 Å². The van der Waals surface area contributed by atoms with Crippen molar-refractivity contribution in [2.75, 3.05) is 6.61 Å². The fourth-order valence-electron chi connectivity index (χ4n) is 1.38. The van der Waals surface area contributed by atoms with Gasteiger partial charge in [-0.15, -0.1) is 0 Å². The zero-order valence-electron chi connectivity index (χ0n) is 10.6. The first kappa shape index (κ1) is 18.6. The van der Waals surface area contributed by atoms with E-state index in [0.29, 0.717) is 5.02 Å². The first-order valence-electron chi connectivity index (χ1n) is 5.58. The van der Waals surface area contributed by atoms with Crippen LogP contribution in [0.25, 0.3) is 0 Å². The Morgan fingerprint density at radius 2 is 1.81 bits per heavy atom. The molecule has 0 aliphatic carbocycles. The van der Waals surface area contributed by atoms with E-state index in [1.807, 2.05) is 5.32 Å². The third-order valence-corrected chi connectivity index (χ3v) is 5.59. The number of nitrogens with one attached hydrogen (secondary N) is 1. The molecular weight excluding hydrogens is 384 g/mol. The Kier molecular flexibility index (Phi) is 6.43. The Balaban J connectivity index is 3.18. The Hall–Kier alpha value is -0.400. The van der Waals surface area contributed by atoms with Crippen molar-refractivity contribution < 1.29 is 17.9 Å². The van der Waals surface area contributed by atoms with Crippen molar-refractivity contribution in [1.82, 2.24) is 5.32 Å². The molecule has 10 heteroatoms. The summed E-state index contributed by atoms with van der Waals surface area (Å²) in [5.74, 6) is 0. The minimum absolute atomic E-state index is 0.0411. The number of amides is 1. The normalized spacial score (nSPS) is 13.6. The van der Waals surface area contributed by atoms with Gasteiger partial charge in [0.05, 0.1) is 11.5 Å². The standard InChI is InChI=1S/C11H11Cl4NO4S/c1-2-20-10(17)16-9(11(13,14)15)21(18,19)8-5-3-7(12)4-6-8/h3-6,9H,2H2,1H3,(H,16,17). The highest BCUT2D eigenvalue weighted by Crippen LogP contribution is 2.36. The molecule has 0 aliphatic heterocycles. The maximum Gasteiger partial charge on any atom is 0.408 e. The molecule has 1 amide bonds.